The Labute approximate surface area is 124 Å². The van der Waals surface area contributed by atoms with E-state index in [1.165, 1.54) is 11.3 Å². The number of hydrogen-bond acceptors (Lipinski definition) is 6. The molecule has 3 heterocycles. The van der Waals surface area contributed by atoms with Crippen molar-refractivity contribution >= 4 is 28.2 Å². The van der Waals surface area contributed by atoms with Gasteiger partial charge in [-0.2, -0.15) is 0 Å². The fraction of sp³-hybridized carbons (Fsp3) is 0.308. The van der Waals surface area contributed by atoms with Crippen LogP contribution in [-0.4, -0.2) is 26.5 Å². The highest BCUT2D eigenvalue weighted by Gasteiger charge is 2.17. The molecule has 0 saturated carbocycles. The summed E-state index contributed by atoms with van der Waals surface area (Å²) in [6, 6.07) is 0. The molecule has 0 aliphatic heterocycles. The van der Waals surface area contributed by atoms with Gasteiger partial charge >= 0.3 is 0 Å². The minimum atomic E-state index is -0.336. The number of nitrogens with one attached hydrogen (secondary N) is 2. The molecule has 0 unspecified atom stereocenters. The Bertz CT molecular complexity index is 752. The molecule has 0 atom stereocenters. The van der Waals surface area contributed by atoms with Gasteiger partial charge < -0.3 is 16.0 Å². The number of aryl methyl sites for hydroxylation is 1. The second-order valence-corrected chi connectivity index (χ2v) is 5.56. The summed E-state index contributed by atoms with van der Waals surface area (Å²) in [7, 11) is 0. The van der Waals surface area contributed by atoms with E-state index in [0.717, 1.165) is 5.01 Å². The quantitative estimate of drug-likeness (QED) is 0.670. The number of anilines is 1. The van der Waals surface area contributed by atoms with E-state index in [1.54, 1.807) is 13.1 Å². The lowest BCUT2D eigenvalue weighted by Crippen LogP contribution is -2.04. The van der Waals surface area contributed by atoms with Crippen molar-refractivity contribution in [3.05, 3.63) is 33.9 Å². The van der Waals surface area contributed by atoms with Gasteiger partial charge in [0.05, 0.1) is 17.6 Å². The zero-order valence-electron chi connectivity index (χ0n) is 11.5. The van der Waals surface area contributed by atoms with Crippen molar-refractivity contribution in [2.45, 2.75) is 19.9 Å². The van der Waals surface area contributed by atoms with Gasteiger partial charge in [0.2, 0.25) is 0 Å². The standard InChI is InChI=1S/C13H15FN6S/c1-7-18-12(17-6-9-16-4-5-21-9)10-11(14)8(2-3-15)20-13(10)19-7/h4-5H,2-3,6,15H2,1H3,(H2,17,18,19,20). The van der Waals surface area contributed by atoms with Crippen LogP contribution in [0.5, 0.6) is 0 Å². The van der Waals surface area contributed by atoms with Crippen LogP contribution in [-0.2, 0) is 13.0 Å². The molecule has 6 nitrogen and oxygen atoms in total. The van der Waals surface area contributed by atoms with Crippen LogP contribution in [0.25, 0.3) is 11.0 Å². The minimum Gasteiger partial charge on any atom is -0.363 e. The SMILES string of the molecule is Cc1nc(NCc2nccs2)c2c(F)c(CCN)[nH]c2n1. The van der Waals surface area contributed by atoms with Crippen molar-refractivity contribution in [1.82, 2.24) is 19.9 Å². The number of nitrogens with two attached hydrogens (primary N) is 1. The van der Waals surface area contributed by atoms with Crippen LogP contribution < -0.4 is 11.1 Å². The van der Waals surface area contributed by atoms with E-state index in [2.05, 4.69) is 25.3 Å². The van der Waals surface area contributed by atoms with Gasteiger partial charge in [0.15, 0.2) is 5.82 Å². The maximum atomic E-state index is 14.5. The van der Waals surface area contributed by atoms with Gasteiger partial charge in [-0.15, -0.1) is 11.3 Å². The topological polar surface area (TPSA) is 92.5 Å². The van der Waals surface area contributed by atoms with E-state index in [9.17, 15) is 4.39 Å². The van der Waals surface area contributed by atoms with Crippen molar-refractivity contribution in [1.29, 1.82) is 0 Å². The lowest BCUT2D eigenvalue weighted by atomic mass is 10.2. The van der Waals surface area contributed by atoms with E-state index in [0.29, 0.717) is 47.9 Å². The number of aromatic nitrogens is 4. The monoisotopic (exact) mass is 306 g/mol. The Balaban J connectivity index is 1.99. The molecule has 0 spiro atoms. The van der Waals surface area contributed by atoms with Gasteiger partial charge in [-0.25, -0.2) is 19.3 Å². The van der Waals surface area contributed by atoms with Crippen molar-refractivity contribution in [3.63, 3.8) is 0 Å². The molecule has 8 heteroatoms. The largest absolute Gasteiger partial charge is 0.363 e. The van der Waals surface area contributed by atoms with Crippen molar-refractivity contribution in [2.24, 2.45) is 5.73 Å². The van der Waals surface area contributed by atoms with Crippen molar-refractivity contribution in [3.8, 4) is 0 Å². The molecular formula is C13H15FN6S. The van der Waals surface area contributed by atoms with Gasteiger partial charge in [-0.3, -0.25) is 0 Å². The zero-order valence-corrected chi connectivity index (χ0v) is 12.3. The third-order valence-corrected chi connectivity index (χ3v) is 3.84. The molecule has 0 saturated heterocycles. The smallest absolute Gasteiger partial charge is 0.157 e. The molecular weight excluding hydrogens is 291 g/mol. The van der Waals surface area contributed by atoms with Crippen LogP contribution in [0.4, 0.5) is 10.2 Å². The van der Waals surface area contributed by atoms with Crippen LogP contribution in [0.3, 0.4) is 0 Å². The Kier molecular flexibility index (Phi) is 3.80. The summed E-state index contributed by atoms with van der Waals surface area (Å²) in [5, 5.41) is 6.32. The van der Waals surface area contributed by atoms with Crippen LogP contribution in [0.2, 0.25) is 0 Å². The normalized spacial score (nSPS) is 11.2. The molecule has 0 fully saturated rings. The first-order valence-electron chi connectivity index (χ1n) is 6.56. The van der Waals surface area contributed by atoms with Gasteiger partial charge in [-0.1, -0.05) is 0 Å². The number of thiazole rings is 1. The van der Waals surface area contributed by atoms with E-state index in [1.807, 2.05) is 5.38 Å². The molecule has 3 rings (SSSR count). The summed E-state index contributed by atoms with van der Waals surface area (Å²) >= 11 is 1.53. The highest BCUT2D eigenvalue weighted by atomic mass is 32.1. The summed E-state index contributed by atoms with van der Waals surface area (Å²) < 4.78 is 14.5. The molecule has 0 aromatic carbocycles. The first kappa shape index (κ1) is 13.9. The predicted molar refractivity (Wildman–Crippen MR) is 80.8 cm³/mol. The van der Waals surface area contributed by atoms with Crippen LogP contribution in [0.1, 0.15) is 16.5 Å². The van der Waals surface area contributed by atoms with Gasteiger partial charge in [0, 0.05) is 18.0 Å². The number of hydrogen-bond donors (Lipinski definition) is 3. The van der Waals surface area contributed by atoms with Gasteiger partial charge in [-0.05, 0) is 13.5 Å². The third kappa shape index (κ3) is 2.72. The number of rotatable bonds is 5. The fourth-order valence-corrected chi connectivity index (χ4v) is 2.72. The Hall–Kier alpha value is -2.06. The summed E-state index contributed by atoms with van der Waals surface area (Å²) in [6.07, 6.45) is 2.17. The Morgan fingerprint density at radius 3 is 3.00 bits per heavy atom. The number of nitrogens with zero attached hydrogens (tertiary/aromatic N) is 3. The average Bonchev–Trinajstić information content (AvgIpc) is 3.06. The molecule has 0 radical (unpaired) electrons. The van der Waals surface area contributed by atoms with Crippen LogP contribution in [0.15, 0.2) is 11.6 Å². The van der Waals surface area contributed by atoms with E-state index >= 15 is 0 Å². The van der Waals surface area contributed by atoms with E-state index in [-0.39, 0.29) is 5.82 Å². The molecule has 21 heavy (non-hydrogen) atoms. The van der Waals surface area contributed by atoms with Crippen molar-refractivity contribution in [2.75, 3.05) is 11.9 Å². The fourth-order valence-electron chi connectivity index (χ4n) is 2.16. The second kappa shape index (κ2) is 5.74. The average molecular weight is 306 g/mol. The molecule has 3 aromatic heterocycles. The first-order chi connectivity index (χ1) is 10.2. The summed E-state index contributed by atoms with van der Waals surface area (Å²) in [6.45, 7) is 2.65. The van der Waals surface area contributed by atoms with E-state index in [4.69, 9.17) is 5.73 Å². The molecule has 0 aliphatic carbocycles. The Morgan fingerprint density at radius 2 is 2.29 bits per heavy atom. The summed E-state index contributed by atoms with van der Waals surface area (Å²) in [5.74, 6) is 0.714. The summed E-state index contributed by atoms with van der Waals surface area (Å²) in [4.78, 5) is 15.7. The van der Waals surface area contributed by atoms with Crippen LogP contribution in [0, 0.1) is 12.7 Å². The number of halogens is 1. The predicted octanol–water partition coefficient (Wildman–Crippen LogP) is 1.98. The molecule has 0 bridgehead atoms. The van der Waals surface area contributed by atoms with Gasteiger partial charge in [0.25, 0.3) is 0 Å². The number of aromatic amines is 1. The zero-order chi connectivity index (χ0) is 14.8. The number of fused-ring (bicyclic) bond motifs is 1. The first-order valence-corrected chi connectivity index (χ1v) is 7.44. The maximum absolute atomic E-state index is 14.5. The maximum Gasteiger partial charge on any atom is 0.157 e. The second-order valence-electron chi connectivity index (χ2n) is 4.58. The lowest BCUT2D eigenvalue weighted by molar-refractivity contribution is 0.618. The molecule has 0 aliphatic rings. The molecule has 0 amide bonds. The van der Waals surface area contributed by atoms with Gasteiger partial charge in [0.1, 0.15) is 22.3 Å². The minimum absolute atomic E-state index is 0.336. The van der Waals surface area contributed by atoms with E-state index < -0.39 is 0 Å². The molecule has 4 N–H and O–H groups in total. The Morgan fingerprint density at radius 1 is 1.43 bits per heavy atom. The highest BCUT2D eigenvalue weighted by Crippen LogP contribution is 2.26. The lowest BCUT2D eigenvalue weighted by Gasteiger charge is -2.06. The van der Waals surface area contributed by atoms with Crippen molar-refractivity contribution < 1.29 is 4.39 Å². The number of H-pyrrole nitrogens is 1. The molecule has 3 aromatic rings. The third-order valence-electron chi connectivity index (χ3n) is 3.06. The highest BCUT2D eigenvalue weighted by molar-refractivity contribution is 7.09. The molecule has 110 valence electrons. The summed E-state index contributed by atoms with van der Waals surface area (Å²) in [5.41, 5.74) is 6.45. The van der Waals surface area contributed by atoms with Crippen LogP contribution >= 0.6 is 11.3 Å².